The minimum atomic E-state index is -1.16. The predicted molar refractivity (Wildman–Crippen MR) is 124 cm³/mol. The van der Waals surface area contributed by atoms with Gasteiger partial charge in [-0.25, -0.2) is 9.78 Å². The number of aryl methyl sites for hydroxylation is 1. The lowest BCUT2D eigenvalue weighted by Crippen LogP contribution is -2.54. The molecule has 9 heteroatoms. The molecule has 2 amide bonds. The number of nitrogen functional groups attached to an aromatic ring is 1. The molecule has 0 bridgehead atoms. The van der Waals surface area contributed by atoms with Gasteiger partial charge in [0, 0.05) is 19.0 Å². The fourth-order valence-corrected chi connectivity index (χ4v) is 4.06. The monoisotopic (exact) mass is 456 g/mol. The van der Waals surface area contributed by atoms with E-state index in [2.05, 4.69) is 0 Å². The van der Waals surface area contributed by atoms with Crippen LogP contribution >= 0.6 is 12.4 Å². The number of amidine groups is 1. The number of aromatic nitrogens is 2. The molecule has 1 saturated carbocycles. The van der Waals surface area contributed by atoms with Gasteiger partial charge in [0.2, 0.25) is 0 Å². The van der Waals surface area contributed by atoms with E-state index >= 15 is 0 Å². The standard InChI is InChI=1S/C23H25N5O3.ClH/c1-27-18-9-8-16(23(10-11-23)21(29)28(2,3)22(30)31)13-17(18)26-19(27)12-14-4-6-15(7-5-14)20(24)25;/h4-9,13H,10-12H2,1-3H3,(H3-,24,25,30,31);1H/p+1. The fourth-order valence-electron chi connectivity index (χ4n) is 4.06. The number of quaternary nitrogens is 1. The van der Waals surface area contributed by atoms with Gasteiger partial charge in [-0.2, -0.15) is 9.28 Å². The van der Waals surface area contributed by atoms with Crippen molar-refractivity contribution in [1.82, 2.24) is 9.55 Å². The molecule has 168 valence electrons. The summed E-state index contributed by atoms with van der Waals surface area (Å²) in [7, 11) is 4.79. The molecule has 1 fully saturated rings. The van der Waals surface area contributed by atoms with Gasteiger partial charge in [-0.15, -0.1) is 12.4 Å². The third-order valence-corrected chi connectivity index (χ3v) is 6.30. The van der Waals surface area contributed by atoms with Gasteiger partial charge in [0.15, 0.2) is 0 Å². The number of hydrogen-bond donors (Lipinski definition) is 3. The van der Waals surface area contributed by atoms with Crippen molar-refractivity contribution < 1.29 is 19.2 Å². The SMILES string of the molecule is Cl.Cn1c(Cc2ccc(C(=N)N)cc2)nc2cc(C3(C(=O)[N+](C)(C)C(=O)O)CC3)ccc21. The lowest BCUT2D eigenvalue weighted by atomic mass is 9.93. The highest BCUT2D eigenvalue weighted by Gasteiger charge is 2.60. The van der Waals surface area contributed by atoms with E-state index in [-0.39, 0.29) is 24.1 Å². The van der Waals surface area contributed by atoms with Crippen LogP contribution in [0, 0.1) is 5.41 Å². The topological polar surface area (TPSA) is 122 Å². The summed E-state index contributed by atoms with van der Waals surface area (Å²) in [6.07, 6.45) is 0.752. The average molecular weight is 457 g/mol. The first-order valence-electron chi connectivity index (χ1n) is 10.1. The number of imide groups is 1. The number of fused-ring (bicyclic) bond motifs is 1. The summed E-state index contributed by atoms with van der Waals surface area (Å²) in [5, 5.41) is 17.0. The molecule has 1 heterocycles. The Morgan fingerprint density at radius 1 is 1.19 bits per heavy atom. The first-order chi connectivity index (χ1) is 14.6. The normalized spacial score (nSPS) is 14.6. The Morgan fingerprint density at radius 2 is 1.81 bits per heavy atom. The van der Waals surface area contributed by atoms with Crippen LogP contribution in [0.4, 0.5) is 4.79 Å². The molecule has 2 aromatic carbocycles. The quantitative estimate of drug-likeness (QED) is 0.309. The van der Waals surface area contributed by atoms with Gasteiger partial charge in [-0.1, -0.05) is 30.3 Å². The highest BCUT2D eigenvalue weighted by Crippen LogP contribution is 2.51. The maximum absolute atomic E-state index is 13.1. The second-order valence-electron chi connectivity index (χ2n) is 8.70. The molecule has 1 aromatic heterocycles. The second-order valence-corrected chi connectivity index (χ2v) is 8.70. The number of carbonyl (C=O) groups excluding carboxylic acids is 1. The fraction of sp³-hybridized carbons (Fsp3) is 0.304. The molecular weight excluding hydrogens is 430 g/mol. The van der Waals surface area contributed by atoms with E-state index in [4.69, 9.17) is 16.1 Å². The van der Waals surface area contributed by atoms with E-state index < -0.39 is 16.0 Å². The van der Waals surface area contributed by atoms with E-state index in [9.17, 15) is 14.7 Å². The van der Waals surface area contributed by atoms with Crippen LogP contribution in [0.2, 0.25) is 0 Å². The Balaban J connectivity index is 0.00000289. The molecule has 0 spiro atoms. The molecule has 0 radical (unpaired) electrons. The second kappa shape index (κ2) is 8.03. The van der Waals surface area contributed by atoms with Crippen LogP contribution in [0.3, 0.4) is 0 Å². The molecule has 8 nitrogen and oxygen atoms in total. The van der Waals surface area contributed by atoms with Crippen LogP contribution in [0.15, 0.2) is 42.5 Å². The number of hydrogen-bond acceptors (Lipinski definition) is 4. The minimum Gasteiger partial charge on any atom is -0.435 e. The van der Waals surface area contributed by atoms with Gasteiger partial charge >= 0.3 is 12.0 Å². The highest BCUT2D eigenvalue weighted by molar-refractivity contribution is 5.95. The maximum atomic E-state index is 13.1. The number of imidazole rings is 1. The van der Waals surface area contributed by atoms with Crippen LogP contribution < -0.4 is 5.73 Å². The summed E-state index contributed by atoms with van der Waals surface area (Å²) in [6.45, 7) is 0. The summed E-state index contributed by atoms with van der Waals surface area (Å²) in [5.41, 5.74) is 9.07. The number of benzene rings is 2. The number of likely N-dealkylation sites (N-methyl/N-ethyl adjacent to an activating group) is 1. The number of nitrogens with two attached hydrogens (primary N) is 1. The van der Waals surface area contributed by atoms with E-state index in [0.29, 0.717) is 24.8 Å². The number of nitrogens with one attached hydrogen (secondary N) is 1. The number of carboxylic acid groups (broad SMARTS) is 1. The first kappa shape index (κ1) is 23.4. The summed E-state index contributed by atoms with van der Waals surface area (Å²) in [4.78, 5) is 29.4. The molecular formula is C23H27ClN5O3+. The van der Waals surface area contributed by atoms with Gasteiger partial charge in [0.05, 0.1) is 25.1 Å². The minimum absolute atomic E-state index is 0. The molecule has 0 saturated heterocycles. The third-order valence-electron chi connectivity index (χ3n) is 6.30. The van der Waals surface area contributed by atoms with Gasteiger partial charge in [0.25, 0.3) is 0 Å². The van der Waals surface area contributed by atoms with Gasteiger partial charge in [-0.3, -0.25) is 5.41 Å². The Labute approximate surface area is 192 Å². The average Bonchev–Trinajstić information content (AvgIpc) is 3.48. The zero-order chi connectivity index (χ0) is 22.6. The molecule has 1 aliphatic rings. The van der Waals surface area contributed by atoms with Crippen molar-refractivity contribution in [3.05, 3.63) is 65.0 Å². The van der Waals surface area contributed by atoms with Crippen molar-refractivity contribution in [2.24, 2.45) is 12.8 Å². The van der Waals surface area contributed by atoms with Crippen molar-refractivity contribution in [2.75, 3.05) is 14.1 Å². The molecule has 32 heavy (non-hydrogen) atoms. The number of amides is 2. The smallest absolute Gasteiger partial charge is 0.435 e. The van der Waals surface area contributed by atoms with Crippen LogP contribution in [-0.4, -0.2) is 51.1 Å². The predicted octanol–water partition coefficient (Wildman–Crippen LogP) is 3.18. The molecule has 1 aliphatic carbocycles. The molecule has 0 atom stereocenters. The highest BCUT2D eigenvalue weighted by atomic mass is 35.5. The van der Waals surface area contributed by atoms with Crippen molar-refractivity contribution in [1.29, 1.82) is 5.41 Å². The molecule has 3 aromatic rings. The Bertz CT molecular complexity index is 1230. The van der Waals surface area contributed by atoms with Crippen molar-refractivity contribution >= 4 is 41.3 Å². The van der Waals surface area contributed by atoms with Crippen LogP contribution in [0.1, 0.15) is 35.4 Å². The van der Waals surface area contributed by atoms with Crippen LogP contribution in [-0.2, 0) is 23.7 Å². The summed E-state index contributed by atoms with van der Waals surface area (Å²) in [6, 6.07) is 13.3. The van der Waals surface area contributed by atoms with E-state index in [0.717, 1.165) is 28.0 Å². The zero-order valence-corrected chi connectivity index (χ0v) is 19.1. The van der Waals surface area contributed by atoms with Crippen molar-refractivity contribution in [2.45, 2.75) is 24.7 Å². The summed E-state index contributed by atoms with van der Waals surface area (Å²) in [5.74, 6) is 0.608. The molecule has 4 N–H and O–H groups in total. The number of carbonyl (C=O) groups is 2. The van der Waals surface area contributed by atoms with Gasteiger partial charge < -0.3 is 15.4 Å². The Hall–Kier alpha value is -3.23. The maximum Gasteiger partial charge on any atom is 0.520 e. The first-order valence-corrected chi connectivity index (χ1v) is 10.1. The lowest BCUT2D eigenvalue weighted by Gasteiger charge is -2.25. The molecule has 4 rings (SSSR count). The van der Waals surface area contributed by atoms with E-state index in [1.54, 1.807) is 0 Å². The van der Waals surface area contributed by atoms with Crippen molar-refractivity contribution in [3.8, 4) is 0 Å². The van der Waals surface area contributed by atoms with E-state index in [1.807, 2.05) is 54.1 Å². The zero-order valence-electron chi connectivity index (χ0n) is 18.3. The van der Waals surface area contributed by atoms with Crippen LogP contribution in [0.25, 0.3) is 11.0 Å². The lowest BCUT2D eigenvalue weighted by molar-refractivity contribution is -0.739. The van der Waals surface area contributed by atoms with Crippen molar-refractivity contribution in [3.63, 3.8) is 0 Å². The van der Waals surface area contributed by atoms with E-state index in [1.165, 1.54) is 14.1 Å². The summed E-state index contributed by atoms with van der Waals surface area (Å²) >= 11 is 0. The Kier molecular flexibility index (Phi) is 5.88. The third kappa shape index (κ3) is 3.76. The Morgan fingerprint density at radius 3 is 2.34 bits per heavy atom. The largest absolute Gasteiger partial charge is 0.520 e. The molecule has 0 unspecified atom stereocenters. The van der Waals surface area contributed by atoms with Gasteiger partial charge in [-0.05, 0) is 36.1 Å². The number of halogens is 1. The van der Waals surface area contributed by atoms with Crippen LogP contribution in [0.5, 0.6) is 0 Å². The molecule has 0 aliphatic heterocycles. The number of nitrogens with zero attached hydrogens (tertiary/aromatic N) is 3. The summed E-state index contributed by atoms with van der Waals surface area (Å²) < 4.78 is 1.33. The van der Waals surface area contributed by atoms with Gasteiger partial charge in [0.1, 0.15) is 17.1 Å². The number of rotatable bonds is 5.